The molecule has 0 atom stereocenters. The summed E-state index contributed by atoms with van der Waals surface area (Å²) in [4.78, 5) is 13.0. The molecular weight excluding hydrogens is 315 g/mol. The smallest absolute Gasteiger partial charge is 0.308 e. The van der Waals surface area contributed by atoms with E-state index in [9.17, 15) is 4.79 Å². The molecule has 0 saturated heterocycles. The third-order valence-corrected chi connectivity index (χ3v) is 3.82. The van der Waals surface area contributed by atoms with E-state index in [4.69, 9.17) is 23.2 Å². The van der Waals surface area contributed by atoms with Crippen molar-refractivity contribution in [3.05, 3.63) is 52.5 Å². The molecule has 104 valence electrons. The summed E-state index contributed by atoms with van der Waals surface area (Å²) >= 11 is 13.4. The molecule has 3 nitrogen and oxygen atoms in total. The Morgan fingerprint density at radius 3 is 2.35 bits per heavy atom. The molecule has 0 aliphatic heterocycles. The van der Waals surface area contributed by atoms with Gasteiger partial charge >= 0.3 is 6.03 Å². The van der Waals surface area contributed by atoms with Crippen LogP contribution in [0.25, 0.3) is 0 Å². The van der Waals surface area contributed by atoms with Gasteiger partial charge in [0.15, 0.2) is 0 Å². The average molecular weight is 327 g/mol. The van der Waals surface area contributed by atoms with Crippen LogP contribution < -0.4 is 10.6 Å². The number of anilines is 2. The van der Waals surface area contributed by atoms with E-state index >= 15 is 0 Å². The van der Waals surface area contributed by atoms with Gasteiger partial charge in [0.05, 0.1) is 10.7 Å². The maximum absolute atomic E-state index is 11.9. The summed E-state index contributed by atoms with van der Waals surface area (Å²) in [7, 11) is 0. The minimum Gasteiger partial charge on any atom is -0.308 e. The van der Waals surface area contributed by atoms with E-state index < -0.39 is 0 Å². The molecule has 2 aromatic carbocycles. The largest absolute Gasteiger partial charge is 0.323 e. The molecule has 0 spiro atoms. The van der Waals surface area contributed by atoms with Gasteiger partial charge in [-0.3, -0.25) is 0 Å². The number of rotatable bonds is 3. The Balaban J connectivity index is 2.01. The lowest BCUT2D eigenvalue weighted by molar-refractivity contribution is 0.262. The van der Waals surface area contributed by atoms with Gasteiger partial charge in [0.25, 0.3) is 0 Å². The molecule has 0 aliphatic rings. The van der Waals surface area contributed by atoms with Crippen LogP contribution in [0.3, 0.4) is 0 Å². The highest BCUT2D eigenvalue weighted by molar-refractivity contribution is 7.98. The molecule has 2 aromatic rings. The van der Waals surface area contributed by atoms with Gasteiger partial charge in [-0.1, -0.05) is 23.2 Å². The number of thioether (sulfide) groups is 1. The van der Waals surface area contributed by atoms with E-state index in [0.717, 1.165) is 4.90 Å². The number of nitrogens with one attached hydrogen (secondary N) is 2. The molecule has 20 heavy (non-hydrogen) atoms. The first kappa shape index (κ1) is 15.0. The van der Waals surface area contributed by atoms with E-state index in [1.807, 2.05) is 30.5 Å². The minimum absolute atomic E-state index is 0.355. The number of halogens is 2. The summed E-state index contributed by atoms with van der Waals surface area (Å²) in [6.07, 6.45) is 2.00. The third-order valence-electron chi connectivity index (χ3n) is 2.53. The topological polar surface area (TPSA) is 41.1 Å². The lowest BCUT2D eigenvalue weighted by atomic mass is 10.3. The Kier molecular flexibility index (Phi) is 5.17. The highest BCUT2D eigenvalue weighted by atomic mass is 35.5. The van der Waals surface area contributed by atoms with Gasteiger partial charge in [-0.15, -0.1) is 11.8 Å². The average Bonchev–Trinajstić information content (AvgIpc) is 2.43. The van der Waals surface area contributed by atoms with Crippen LogP contribution in [-0.4, -0.2) is 12.3 Å². The van der Waals surface area contributed by atoms with Crippen molar-refractivity contribution in [2.45, 2.75) is 4.90 Å². The lowest BCUT2D eigenvalue weighted by Gasteiger charge is -2.09. The Hall–Kier alpha value is -1.36. The maximum atomic E-state index is 11.9. The maximum Gasteiger partial charge on any atom is 0.323 e. The molecule has 0 fully saturated rings. The Labute approximate surface area is 131 Å². The van der Waals surface area contributed by atoms with Gasteiger partial charge in [0, 0.05) is 15.6 Å². The number of carbonyl (C=O) groups is 1. The van der Waals surface area contributed by atoms with Crippen LogP contribution in [0.5, 0.6) is 0 Å². The molecule has 0 aliphatic carbocycles. The molecular formula is C14H12Cl2N2OS. The van der Waals surface area contributed by atoms with E-state index in [2.05, 4.69) is 10.6 Å². The van der Waals surface area contributed by atoms with Crippen molar-refractivity contribution in [2.24, 2.45) is 0 Å². The summed E-state index contributed by atoms with van der Waals surface area (Å²) in [5.74, 6) is 0. The first-order chi connectivity index (χ1) is 9.58. The van der Waals surface area contributed by atoms with Crippen LogP contribution in [0.15, 0.2) is 47.4 Å². The second-order valence-electron chi connectivity index (χ2n) is 3.93. The summed E-state index contributed by atoms with van der Waals surface area (Å²) in [5, 5.41) is 6.32. The monoisotopic (exact) mass is 326 g/mol. The van der Waals surface area contributed by atoms with Crippen molar-refractivity contribution in [3.8, 4) is 0 Å². The van der Waals surface area contributed by atoms with Gasteiger partial charge in [-0.05, 0) is 48.7 Å². The normalized spacial score (nSPS) is 10.2. The van der Waals surface area contributed by atoms with Crippen molar-refractivity contribution in [1.29, 1.82) is 0 Å². The molecule has 0 bridgehead atoms. The van der Waals surface area contributed by atoms with Crippen LogP contribution in [0.4, 0.5) is 16.2 Å². The van der Waals surface area contributed by atoms with E-state index in [1.54, 1.807) is 30.0 Å². The van der Waals surface area contributed by atoms with Crippen LogP contribution in [-0.2, 0) is 0 Å². The predicted molar refractivity (Wildman–Crippen MR) is 87.3 cm³/mol. The minimum atomic E-state index is -0.355. The molecule has 2 amide bonds. The fourth-order valence-corrected chi connectivity index (χ4v) is 2.41. The second-order valence-corrected chi connectivity index (χ2v) is 5.66. The Bertz CT molecular complexity index is 617. The molecule has 0 saturated carbocycles. The Morgan fingerprint density at radius 2 is 1.75 bits per heavy atom. The molecule has 0 radical (unpaired) electrons. The zero-order chi connectivity index (χ0) is 14.5. The standard InChI is InChI=1S/C14H12Cl2N2OS/c1-20-11-5-3-10(4-6-11)17-14(19)18-13-7-2-9(15)8-12(13)16/h2-8H,1H3,(H2,17,18,19). The summed E-state index contributed by atoms with van der Waals surface area (Å²) in [5.41, 5.74) is 1.22. The first-order valence-corrected chi connectivity index (χ1v) is 7.73. The number of urea groups is 1. The zero-order valence-corrected chi connectivity index (χ0v) is 12.9. The van der Waals surface area contributed by atoms with Crippen LogP contribution in [0.1, 0.15) is 0 Å². The van der Waals surface area contributed by atoms with Crippen LogP contribution in [0.2, 0.25) is 10.0 Å². The summed E-state index contributed by atoms with van der Waals surface area (Å²) < 4.78 is 0. The van der Waals surface area contributed by atoms with Gasteiger partial charge in [-0.2, -0.15) is 0 Å². The fourth-order valence-electron chi connectivity index (χ4n) is 1.55. The number of benzene rings is 2. The van der Waals surface area contributed by atoms with E-state index in [1.165, 1.54) is 0 Å². The lowest BCUT2D eigenvalue weighted by Crippen LogP contribution is -2.19. The van der Waals surface area contributed by atoms with Gasteiger partial charge < -0.3 is 10.6 Å². The fraction of sp³-hybridized carbons (Fsp3) is 0.0714. The van der Waals surface area contributed by atoms with Gasteiger partial charge in [0.1, 0.15) is 0 Å². The first-order valence-electron chi connectivity index (χ1n) is 5.75. The SMILES string of the molecule is CSc1ccc(NC(=O)Nc2ccc(Cl)cc2Cl)cc1. The van der Waals surface area contributed by atoms with Crippen molar-refractivity contribution >= 4 is 52.4 Å². The van der Waals surface area contributed by atoms with E-state index in [-0.39, 0.29) is 6.03 Å². The summed E-state index contributed by atoms with van der Waals surface area (Å²) in [6.45, 7) is 0. The van der Waals surface area contributed by atoms with Crippen molar-refractivity contribution in [1.82, 2.24) is 0 Å². The van der Waals surface area contributed by atoms with Gasteiger partial charge in [0.2, 0.25) is 0 Å². The molecule has 0 heterocycles. The molecule has 0 unspecified atom stereocenters. The van der Waals surface area contributed by atoms with Crippen LogP contribution in [0, 0.1) is 0 Å². The third kappa shape index (κ3) is 4.07. The molecule has 6 heteroatoms. The highest BCUT2D eigenvalue weighted by Gasteiger charge is 2.06. The quantitative estimate of drug-likeness (QED) is 0.745. The van der Waals surface area contributed by atoms with Crippen molar-refractivity contribution in [2.75, 3.05) is 16.9 Å². The van der Waals surface area contributed by atoms with Crippen LogP contribution >= 0.6 is 35.0 Å². The predicted octanol–water partition coefficient (Wildman–Crippen LogP) is 5.36. The van der Waals surface area contributed by atoms with Gasteiger partial charge in [-0.25, -0.2) is 4.79 Å². The number of carbonyl (C=O) groups excluding carboxylic acids is 1. The second kappa shape index (κ2) is 6.88. The zero-order valence-electron chi connectivity index (χ0n) is 10.6. The highest BCUT2D eigenvalue weighted by Crippen LogP contribution is 2.25. The number of hydrogen-bond donors (Lipinski definition) is 2. The molecule has 0 aromatic heterocycles. The number of hydrogen-bond acceptors (Lipinski definition) is 2. The molecule has 2 rings (SSSR count). The Morgan fingerprint density at radius 1 is 1.05 bits per heavy atom. The number of amides is 2. The van der Waals surface area contributed by atoms with Crippen molar-refractivity contribution < 1.29 is 4.79 Å². The van der Waals surface area contributed by atoms with Crippen molar-refractivity contribution in [3.63, 3.8) is 0 Å². The van der Waals surface area contributed by atoms with E-state index in [0.29, 0.717) is 21.4 Å². The molecule has 2 N–H and O–H groups in total. The summed E-state index contributed by atoms with van der Waals surface area (Å²) in [6, 6.07) is 12.1.